The molecule has 0 atom stereocenters. The number of anilines is 3. The van der Waals surface area contributed by atoms with Crippen molar-refractivity contribution in [3.8, 4) is 0 Å². The molecule has 0 radical (unpaired) electrons. The number of hydrogen-bond acceptors (Lipinski definition) is 5. The van der Waals surface area contributed by atoms with Crippen LogP contribution in [0.1, 0.15) is 11.1 Å². The van der Waals surface area contributed by atoms with E-state index in [-0.39, 0.29) is 18.1 Å². The molecule has 0 bridgehead atoms. The summed E-state index contributed by atoms with van der Waals surface area (Å²) in [5.74, 6) is -0.391. The van der Waals surface area contributed by atoms with E-state index in [2.05, 4.69) is 5.32 Å². The van der Waals surface area contributed by atoms with Crippen LogP contribution in [0, 0.1) is 13.8 Å². The molecule has 0 unspecified atom stereocenters. The molecule has 8 heteroatoms. The first-order chi connectivity index (χ1) is 11.6. The lowest BCUT2D eigenvalue weighted by Crippen LogP contribution is -2.44. The number of carbonyl (C=O) groups is 1. The van der Waals surface area contributed by atoms with E-state index >= 15 is 0 Å². The Morgan fingerprint density at radius 3 is 2.28 bits per heavy atom. The Morgan fingerprint density at radius 2 is 1.76 bits per heavy atom. The molecule has 0 spiro atoms. The third kappa shape index (κ3) is 3.42. The maximum absolute atomic E-state index is 12.6. The van der Waals surface area contributed by atoms with Crippen molar-refractivity contribution in [2.45, 2.75) is 20.4 Å². The summed E-state index contributed by atoms with van der Waals surface area (Å²) in [5.41, 5.74) is 7.28. The minimum absolute atomic E-state index is 0.0615. The molecule has 134 valence electrons. The lowest BCUT2D eigenvalue weighted by atomic mass is 10.1. The molecule has 2 aromatic rings. The standard InChI is InChI=1S/C17H23N5O3/c1-10-7-6-8-11(2)13(10)19-12(23)9-22-16(24)14(20(3)4)15(18)21(5)17(22)25/h6-8H,9,18H2,1-5H3,(H,19,23). The monoisotopic (exact) mass is 345 g/mol. The Hall–Kier alpha value is -3.03. The number of benzene rings is 1. The van der Waals surface area contributed by atoms with Gasteiger partial charge in [0.25, 0.3) is 5.56 Å². The first-order valence-corrected chi connectivity index (χ1v) is 7.77. The molecule has 1 amide bonds. The third-order valence-electron chi connectivity index (χ3n) is 4.06. The van der Waals surface area contributed by atoms with Gasteiger partial charge in [0.1, 0.15) is 18.1 Å². The van der Waals surface area contributed by atoms with Gasteiger partial charge >= 0.3 is 5.69 Å². The average Bonchev–Trinajstić information content (AvgIpc) is 2.53. The van der Waals surface area contributed by atoms with Gasteiger partial charge in [0.2, 0.25) is 5.91 Å². The molecule has 1 heterocycles. The van der Waals surface area contributed by atoms with Crippen LogP contribution < -0.4 is 27.2 Å². The molecule has 0 fully saturated rings. The number of para-hydroxylation sites is 1. The van der Waals surface area contributed by atoms with Gasteiger partial charge in [-0.15, -0.1) is 0 Å². The Kier molecular flexibility index (Phi) is 5.01. The van der Waals surface area contributed by atoms with Crippen molar-refractivity contribution in [2.75, 3.05) is 30.0 Å². The van der Waals surface area contributed by atoms with Crippen molar-refractivity contribution < 1.29 is 4.79 Å². The topological polar surface area (TPSA) is 102 Å². The van der Waals surface area contributed by atoms with Gasteiger partial charge in [0, 0.05) is 26.8 Å². The van der Waals surface area contributed by atoms with E-state index in [0.717, 1.165) is 20.3 Å². The van der Waals surface area contributed by atoms with Gasteiger partial charge in [-0.2, -0.15) is 0 Å². The Morgan fingerprint density at radius 1 is 1.20 bits per heavy atom. The second-order valence-corrected chi connectivity index (χ2v) is 6.18. The van der Waals surface area contributed by atoms with Crippen LogP contribution in [0.15, 0.2) is 27.8 Å². The SMILES string of the molecule is Cc1cccc(C)c1NC(=O)Cn1c(=O)c(N(C)C)c(N)n(C)c1=O. The number of aryl methyl sites for hydroxylation is 2. The molecule has 8 nitrogen and oxygen atoms in total. The van der Waals surface area contributed by atoms with Crippen LogP contribution in [-0.4, -0.2) is 29.1 Å². The number of amides is 1. The number of nitrogens with one attached hydrogen (secondary N) is 1. The number of nitrogens with two attached hydrogens (primary N) is 1. The van der Waals surface area contributed by atoms with Crippen LogP contribution in [0.2, 0.25) is 0 Å². The number of nitrogens with zero attached hydrogens (tertiary/aromatic N) is 3. The van der Waals surface area contributed by atoms with Gasteiger partial charge in [-0.1, -0.05) is 18.2 Å². The van der Waals surface area contributed by atoms with Crippen molar-refractivity contribution in [3.63, 3.8) is 0 Å². The van der Waals surface area contributed by atoms with E-state index in [4.69, 9.17) is 5.73 Å². The fraction of sp³-hybridized carbons (Fsp3) is 0.353. The largest absolute Gasteiger partial charge is 0.383 e. The predicted octanol–water partition coefficient (Wildman–Crippen LogP) is 0.451. The summed E-state index contributed by atoms with van der Waals surface area (Å²) in [6.45, 7) is 3.36. The zero-order chi connectivity index (χ0) is 18.9. The van der Waals surface area contributed by atoms with Crippen molar-refractivity contribution in [1.29, 1.82) is 0 Å². The maximum Gasteiger partial charge on any atom is 0.332 e. The zero-order valence-corrected chi connectivity index (χ0v) is 15.1. The smallest absolute Gasteiger partial charge is 0.332 e. The number of hydrogen-bond donors (Lipinski definition) is 2. The molecule has 3 N–H and O–H groups in total. The molecular formula is C17H23N5O3. The lowest BCUT2D eigenvalue weighted by molar-refractivity contribution is -0.116. The first-order valence-electron chi connectivity index (χ1n) is 7.77. The van der Waals surface area contributed by atoms with E-state index < -0.39 is 17.2 Å². The predicted molar refractivity (Wildman–Crippen MR) is 99.2 cm³/mol. The number of aromatic nitrogens is 2. The zero-order valence-electron chi connectivity index (χ0n) is 15.1. The van der Waals surface area contributed by atoms with E-state index in [0.29, 0.717) is 5.69 Å². The molecule has 1 aromatic carbocycles. The molecule has 2 rings (SSSR count). The van der Waals surface area contributed by atoms with Crippen LogP contribution in [0.5, 0.6) is 0 Å². The van der Waals surface area contributed by atoms with Gasteiger partial charge in [0.05, 0.1) is 0 Å². The molecule has 0 saturated carbocycles. The minimum Gasteiger partial charge on any atom is -0.383 e. The Labute approximate surface area is 145 Å². The summed E-state index contributed by atoms with van der Waals surface area (Å²) in [4.78, 5) is 38.9. The minimum atomic E-state index is -0.634. The second kappa shape index (κ2) is 6.84. The van der Waals surface area contributed by atoms with Gasteiger partial charge in [-0.3, -0.25) is 14.2 Å². The fourth-order valence-corrected chi connectivity index (χ4v) is 2.66. The van der Waals surface area contributed by atoms with Crippen molar-refractivity contribution >= 4 is 23.1 Å². The van der Waals surface area contributed by atoms with Crippen molar-refractivity contribution in [1.82, 2.24) is 9.13 Å². The average molecular weight is 345 g/mol. The second-order valence-electron chi connectivity index (χ2n) is 6.18. The third-order valence-corrected chi connectivity index (χ3v) is 4.06. The molecule has 0 aliphatic carbocycles. The van der Waals surface area contributed by atoms with Crippen LogP contribution in [0.3, 0.4) is 0 Å². The van der Waals surface area contributed by atoms with Crippen LogP contribution in [0.4, 0.5) is 17.2 Å². The summed E-state index contributed by atoms with van der Waals surface area (Å²) in [7, 11) is 4.77. The molecule has 0 aliphatic rings. The highest BCUT2D eigenvalue weighted by Gasteiger charge is 2.19. The summed E-state index contributed by atoms with van der Waals surface area (Å²) in [5, 5.41) is 2.77. The number of rotatable bonds is 4. The van der Waals surface area contributed by atoms with Gasteiger partial charge in [-0.25, -0.2) is 9.36 Å². The Bertz CT molecular complexity index is 920. The molecule has 0 aliphatic heterocycles. The van der Waals surface area contributed by atoms with Crippen LogP contribution in [0.25, 0.3) is 0 Å². The quantitative estimate of drug-likeness (QED) is 0.838. The van der Waals surface area contributed by atoms with Crippen molar-refractivity contribution in [2.24, 2.45) is 7.05 Å². The highest BCUT2D eigenvalue weighted by Crippen LogP contribution is 2.19. The van der Waals surface area contributed by atoms with Gasteiger partial charge in [0.15, 0.2) is 0 Å². The Balaban J connectivity index is 2.42. The fourth-order valence-electron chi connectivity index (χ4n) is 2.66. The van der Waals surface area contributed by atoms with Crippen LogP contribution >= 0.6 is 0 Å². The van der Waals surface area contributed by atoms with Crippen LogP contribution in [-0.2, 0) is 18.4 Å². The van der Waals surface area contributed by atoms with E-state index in [1.807, 2.05) is 32.0 Å². The summed E-state index contributed by atoms with van der Waals surface area (Å²) < 4.78 is 2.04. The molecule has 1 aromatic heterocycles. The normalized spacial score (nSPS) is 10.6. The summed E-state index contributed by atoms with van der Waals surface area (Å²) in [6, 6.07) is 5.65. The van der Waals surface area contributed by atoms with Gasteiger partial charge < -0.3 is 16.0 Å². The molecule has 0 saturated heterocycles. The number of nitrogen functional groups attached to an aromatic ring is 1. The molecular weight excluding hydrogens is 322 g/mol. The lowest BCUT2D eigenvalue weighted by Gasteiger charge is -2.19. The van der Waals surface area contributed by atoms with E-state index in [9.17, 15) is 14.4 Å². The first kappa shape index (κ1) is 18.3. The van der Waals surface area contributed by atoms with E-state index in [1.165, 1.54) is 11.9 Å². The summed E-state index contributed by atoms with van der Waals surface area (Å²) in [6.07, 6.45) is 0. The van der Waals surface area contributed by atoms with Crippen molar-refractivity contribution in [3.05, 3.63) is 50.2 Å². The number of carbonyl (C=O) groups excluding carboxylic acids is 1. The van der Waals surface area contributed by atoms with Gasteiger partial charge in [-0.05, 0) is 25.0 Å². The highest BCUT2D eigenvalue weighted by molar-refractivity contribution is 5.92. The highest BCUT2D eigenvalue weighted by atomic mass is 16.2. The summed E-state index contributed by atoms with van der Waals surface area (Å²) >= 11 is 0. The van der Waals surface area contributed by atoms with E-state index in [1.54, 1.807) is 14.1 Å². The maximum atomic E-state index is 12.6. The molecule has 25 heavy (non-hydrogen) atoms.